The van der Waals surface area contributed by atoms with Crippen molar-refractivity contribution in [2.24, 2.45) is 11.1 Å². The van der Waals surface area contributed by atoms with Crippen LogP contribution in [0.4, 0.5) is 0 Å². The van der Waals surface area contributed by atoms with Gasteiger partial charge in [-0.25, -0.2) is 0 Å². The number of hydrogen-bond acceptors (Lipinski definition) is 5. The number of amides is 1. The molecule has 2 aromatic rings. The van der Waals surface area contributed by atoms with E-state index in [2.05, 4.69) is 5.16 Å². The molecule has 1 amide bonds. The number of aromatic nitrogens is 1. The van der Waals surface area contributed by atoms with Gasteiger partial charge in [-0.3, -0.25) is 4.79 Å². The first-order valence-electron chi connectivity index (χ1n) is 8.34. The molecule has 0 unspecified atom stereocenters. The summed E-state index contributed by atoms with van der Waals surface area (Å²) in [7, 11) is 1.78. The average Bonchev–Trinajstić information content (AvgIpc) is 2.90. The van der Waals surface area contributed by atoms with Gasteiger partial charge in [0.15, 0.2) is 0 Å². The summed E-state index contributed by atoms with van der Waals surface area (Å²) in [6.45, 7) is 9.18. The van der Waals surface area contributed by atoms with Crippen LogP contribution in [-0.4, -0.2) is 36.1 Å². The number of nitrogens with zero attached hydrogens (tertiary/aromatic N) is 2. The summed E-state index contributed by atoms with van der Waals surface area (Å²) in [6.07, 6.45) is 0. The highest BCUT2D eigenvalue weighted by Crippen LogP contribution is 2.24. The van der Waals surface area contributed by atoms with Crippen molar-refractivity contribution < 1.29 is 14.1 Å². The molecule has 0 aliphatic heterocycles. The van der Waals surface area contributed by atoms with Gasteiger partial charge in [-0.2, -0.15) is 0 Å². The second kappa shape index (κ2) is 7.70. The molecule has 0 fully saturated rings. The minimum Gasteiger partial charge on any atom is -0.488 e. The number of hydrogen-bond donors (Lipinski definition) is 1. The van der Waals surface area contributed by atoms with E-state index in [-0.39, 0.29) is 11.3 Å². The number of para-hydroxylation sites is 1. The first-order chi connectivity index (χ1) is 11.7. The molecule has 2 N–H and O–H groups in total. The van der Waals surface area contributed by atoms with E-state index in [0.717, 1.165) is 17.0 Å². The van der Waals surface area contributed by atoms with E-state index in [0.29, 0.717) is 31.0 Å². The van der Waals surface area contributed by atoms with Gasteiger partial charge in [-0.15, -0.1) is 0 Å². The molecule has 0 saturated heterocycles. The third kappa shape index (κ3) is 4.60. The van der Waals surface area contributed by atoms with Gasteiger partial charge in [0, 0.05) is 13.6 Å². The number of aryl methyl sites for hydroxylation is 2. The molecule has 0 aliphatic rings. The van der Waals surface area contributed by atoms with Gasteiger partial charge >= 0.3 is 0 Å². The number of carbonyl (C=O) groups is 1. The van der Waals surface area contributed by atoms with Crippen LogP contribution in [0.5, 0.6) is 5.75 Å². The highest BCUT2D eigenvalue weighted by atomic mass is 16.5. The van der Waals surface area contributed by atoms with Gasteiger partial charge in [-0.05, 0) is 37.9 Å². The molecular formula is C19H27N3O3. The van der Waals surface area contributed by atoms with Crippen LogP contribution in [0.2, 0.25) is 0 Å². The Kier molecular flexibility index (Phi) is 5.85. The molecule has 136 valence electrons. The van der Waals surface area contributed by atoms with Crippen LogP contribution < -0.4 is 10.5 Å². The molecular weight excluding hydrogens is 318 g/mol. The molecule has 0 spiro atoms. The fourth-order valence-corrected chi connectivity index (χ4v) is 2.61. The second-order valence-electron chi connectivity index (χ2n) is 7.12. The Balaban J connectivity index is 2.16. The summed E-state index contributed by atoms with van der Waals surface area (Å²) < 4.78 is 11.0. The van der Waals surface area contributed by atoms with Crippen molar-refractivity contribution in [3.63, 3.8) is 0 Å². The maximum absolute atomic E-state index is 12.8. The van der Waals surface area contributed by atoms with E-state index < -0.39 is 0 Å². The maximum atomic E-state index is 12.8. The monoisotopic (exact) mass is 345 g/mol. The van der Waals surface area contributed by atoms with Crippen LogP contribution in [0.25, 0.3) is 0 Å². The zero-order valence-corrected chi connectivity index (χ0v) is 15.6. The normalized spacial score (nSPS) is 11.4. The lowest BCUT2D eigenvalue weighted by molar-refractivity contribution is 0.0735. The second-order valence-corrected chi connectivity index (χ2v) is 7.12. The molecule has 0 atom stereocenters. The van der Waals surface area contributed by atoms with E-state index in [1.54, 1.807) is 24.1 Å². The number of carbonyl (C=O) groups excluding carboxylic acids is 1. The van der Waals surface area contributed by atoms with Crippen molar-refractivity contribution in [2.45, 2.75) is 34.3 Å². The predicted octanol–water partition coefficient (Wildman–Crippen LogP) is 2.93. The smallest absolute Gasteiger partial charge is 0.257 e. The van der Waals surface area contributed by atoms with Crippen molar-refractivity contribution in [2.75, 3.05) is 20.1 Å². The van der Waals surface area contributed by atoms with E-state index in [1.807, 2.05) is 39.8 Å². The molecule has 0 saturated carbocycles. The lowest BCUT2D eigenvalue weighted by atomic mass is 9.93. The highest BCUT2D eigenvalue weighted by molar-refractivity contribution is 5.96. The Hall–Kier alpha value is -2.34. The van der Waals surface area contributed by atoms with Gasteiger partial charge in [0.25, 0.3) is 5.91 Å². The highest BCUT2D eigenvalue weighted by Gasteiger charge is 2.24. The fraction of sp³-hybridized carbons (Fsp3) is 0.474. The predicted molar refractivity (Wildman–Crippen MR) is 96.5 cm³/mol. The van der Waals surface area contributed by atoms with Crippen LogP contribution in [0, 0.1) is 19.3 Å². The quantitative estimate of drug-likeness (QED) is 0.834. The summed E-state index contributed by atoms with van der Waals surface area (Å²) in [4.78, 5) is 14.5. The molecule has 1 heterocycles. The van der Waals surface area contributed by atoms with Crippen molar-refractivity contribution in [3.8, 4) is 5.75 Å². The fourth-order valence-electron chi connectivity index (χ4n) is 2.61. The van der Waals surface area contributed by atoms with E-state index >= 15 is 0 Å². The molecule has 25 heavy (non-hydrogen) atoms. The third-order valence-electron chi connectivity index (χ3n) is 4.24. The van der Waals surface area contributed by atoms with Crippen molar-refractivity contribution in [1.29, 1.82) is 0 Å². The summed E-state index contributed by atoms with van der Waals surface area (Å²) in [5, 5.41) is 3.92. The number of ether oxygens (including phenoxy) is 1. The molecule has 1 aromatic heterocycles. The third-order valence-corrected chi connectivity index (χ3v) is 4.24. The zero-order chi connectivity index (χ0) is 18.6. The Bertz CT molecular complexity index is 718. The SMILES string of the molecule is Cc1noc(C)c1COc1ccccc1C(=O)N(C)CC(C)(C)CN. The number of rotatable bonds is 7. The summed E-state index contributed by atoms with van der Waals surface area (Å²) in [5.41, 5.74) is 7.86. The summed E-state index contributed by atoms with van der Waals surface area (Å²) in [6, 6.07) is 7.26. The molecule has 6 heteroatoms. The lowest BCUT2D eigenvalue weighted by Gasteiger charge is -2.29. The number of benzene rings is 1. The van der Waals surface area contributed by atoms with Crippen molar-refractivity contribution in [3.05, 3.63) is 46.8 Å². The molecule has 2 rings (SSSR count). The van der Waals surface area contributed by atoms with Crippen LogP contribution >= 0.6 is 0 Å². The average molecular weight is 345 g/mol. The van der Waals surface area contributed by atoms with Gasteiger partial charge in [-0.1, -0.05) is 31.1 Å². The van der Waals surface area contributed by atoms with Crippen LogP contribution in [0.3, 0.4) is 0 Å². The summed E-state index contributed by atoms with van der Waals surface area (Å²) >= 11 is 0. The largest absolute Gasteiger partial charge is 0.488 e. The minimum atomic E-state index is -0.142. The molecule has 6 nitrogen and oxygen atoms in total. The molecule has 0 bridgehead atoms. The topological polar surface area (TPSA) is 81.6 Å². The van der Waals surface area contributed by atoms with Gasteiger partial charge in [0.2, 0.25) is 0 Å². The van der Waals surface area contributed by atoms with Crippen LogP contribution in [-0.2, 0) is 6.61 Å². The van der Waals surface area contributed by atoms with Crippen LogP contribution in [0.15, 0.2) is 28.8 Å². The zero-order valence-electron chi connectivity index (χ0n) is 15.6. The summed E-state index contributed by atoms with van der Waals surface area (Å²) in [5.74, 6) is 1.18. The first-order valence-corrected chi connectivity index (χ1v) is 8.34. The maximum Gasteiger partial charge on any atom is 0.257 e. The van der Waals surface area contributed by atoms with Gasteiger partial charge in [0.1, 0.15) is 18.1 Å². The van der Waals surface area contributed by atoms with Gasteiger partial charge in [0.05, 0.1) is 16.8 Å². The van der Waals surface area contributed by atoms with Crippen molar-refractivity contribution >= 4 is 5.91 Å². The van der Waals surface area contributed by atoms with E-state index in [4.69, 9.17) is 15.0 Å². The van der Waals surface area contributed by atoms with Crippen LogP contribution in [0.1, 0.15) is 41.2 Å². The number of nitrogens with two attached hydrogens (primary N) is 1. The standard InChI is InChI=1S/C19H27N3O3/c1-13-16(14(2)25-21-13)10-24-17-9-7-6-8-15(17)18(23)22(5)12-19(3,4)11-20/h6-9H,10-12,20H2,1-5H3. The van der Waals surface area contributed by atoms with E-state index in [9.17, 15) is 4.79 Å². The minimum absolute atomic E-state index is 0.0871. The Morgan fingerprint density at radius 3 is 2.60 bits per heavy atom. The molecule has 0 radical (unpaired) electrons. The Morgan fingerprint density at radius 1 is 1.32 bits per heavy atom. The Labute approximate surface area is 148 Å². The first kappa shape index (κ1) is 19.0. The lowest BCUT2D eigenvalue weighted by Crippen LogP contribution is -2.39. The molecule has 0 aliphatic carbocycles. The van der Waals surface area contributed by atoms with Gasteiger partial charge < -0.3 is 19.9 Å². The van der Waals surface area contributed by atoms with E-state index in [1.165, 1.54) is 0 Å². The van der Waals surface area contributed by atoms with Crippen molar-refractivity contribution in [1.82, 2.24) is 10.1 Å². The Morgan fingerprint density at radius 2 is 2.00 bits per heavy atom. The molecule has 1 aromatic carbocycles.